The van der Waals surface area contributed by atoms with E-state index in [1.807, 2.05) is 0 Å². The van der Waals surface area contributed by atoms with E-state index in [0.29, 0.717) is 33.4 Å². The molecule has 6 heteroatoms. The lowest BCUT2D eigenvalue weighted by atomic mass is 10.1. The van der Waals surface area contributed by atoms with Crippen molar-refractivity contribution < 1.29 is 9.90 Å². The van der Waals surface area contributed by atoms with Gasteiger partial charge in [-0.05, 0) is 30.3 Å². The second kappa shape index (κ2) is 6.70. The molecule has 0 bridgehead atoms. The van der Waals surface area contributed by atoms with Gasteiger partial charge < -0.3 is 15.7 Å². The lowest BCUT2D eigenvalue weighted by Gasteiger charge is -2.11. The summed E-state index contributed by atoms with van der Waals surface area (Å²) in [5.41, 5.74) is 1.68. The van der Waals surface area contributed by atoms with Crippen molar-refractivity contribution in [3.63, 3.8) is 0 Å². The number of phenolic OH excluding ortho intramolecular Hbond substituents is 1. The van der Waals surface area contributed by atoms with Crippen molar-refractivity contribution in [2.24, 2.45) is 0 Å². The van der Waals surface area contributed by atoms with Crippen molar-refractivity contribution in [1.82, 2.24) is 5.32 Å². The number of benzene rings is 2. The van der Waals surface area contributed by atoms with Crippen LogP contribution in [-0.2, 0) is 6.54 Å². The number of amides is 1. The zero-order valence-corrected chi connectivity index (χ0v) is 12.8. The molecule has 0 saturated heterocycles. The molecular weight excluding hydrogens is 311 g/mol. The molecule has 3 N–H and O–H groups in total. The van der Waals surface area contributed by atoms with Crippen molar-refractivity contribution in [3.8, 4) is 5.75 Å². The smallest absolute Gasteiger partial charge is 0.252 e. The summed E-state index contributed by atoms with van der Waals surface area (Å²) in [6.45, 7) is 0.334. The number of aromatic hydroxyl groups is 1. The van der Waals surface area contributed by atoms with Gasteiger partial charge in [-0.3, -0.25) is 4.79 Å². The summed E-state index contributed by atoms with van der Waals surface area (Å²) in [4.78, 5) is 11.7. The summed E-state index contributed by atoms with van der Waals surface area (Å²) in [5.74, 6) is -0.139. The third-order valence-electron chi connectivity index (χ3n) is 3.00. The molecule has 0 fully saturated rings. The number of halogens is 2. The lowest BCUT2D eigenvalue weighted by molar-refractivity contribution is 0.0963. The van der Waals surface area contributed by atoms with Gasteiger partial charge in [-0.25, -0.2) is 0 Å². The molecule has 110 valence electrons. The van der Waals surface area contributed by atoms with Crippen LogP contribution in [-0.4, -0.2) is 18.1 Å². The number of hydrogen-bond acceptors (Lipinski definition) is 3. The Hall–Kier alpha value is -1.91. The average molecular weight is 325 g/mol. The van der Waals surface area contributed by atoms with Crippen molar-refractivity contribution in [1.29, 1.82) is 0 Å². The van der Waals surface area contributed by atoms with E-state index in [-0.39, 0.29) is 11.7 Å². The maximum absolute atomic E-state index is 11.7. The van der Waals surface area contributed by atoms with Gasteiger partial charge in [0.2, 0.25) is 0 Å². The third kappa shape index (κ3) is 3.60. The predicted molar refractivity (Wildman–Crippen MR) is 85.3 cm³/mol. The van der Waals surface area contributed by atoms with Crippen LogP contribution in [0.15, 0.2) is 36.4 Å². The first-order valence-corrected chi connectivity index (χ1v) is 7.00. The van der Waals surface area contributed by atoms with Gasteiger partial charge in [0, 0.05) is 29.9 Å². The van der Waals surface area contributed by atoms with Crippen LogP contribution < -0.4 is 10.6 Å². The normalized spacial score (nSPS) is 10.2. The molecule has 0 heterocycles. The van der Waals surface area contributed by atoms with E-state index in [0.717, 1.165) is 0 Å². The van der Waals surface area contributed by atoms with Gasteiger partial charge in [-0.15, -0.1) is 0 Å². The third-order valence-corrected chi connectivity index (χ3v) is 3.69. The topological polar surface area (TPSA) is 61.4 Å². The largest absolute Gasteiger partial charge is 0.508 e. The molecule has 0 saturated carbocycles. The first-order valence-electron chi connectivity index (χ1n) is 6.24. The fourth-order valence-corrected chi connectivity index (χ4v) is 2.30. The summed E-state index contributed by atoms with van der Waals surface area (Å²) in [7, 11) is 1.54. The zero-order valence-electron chi connectivity index (χ0n) is 11.3. The SMILES string of the molecule is CNC(=O)c1cc(NCc2c(O)cccc2Cl)ccc1Cl. The Bertz CT molecular complexity index is 654. The van der Waals surface area contributed by atoms with E-state index in [9.17, 15) is 9.90 Å². The highest BCUT2D eigenvalue weighted by molar-refractivity contribution is 6.34. The van der Waals surface area contributed by atoms with Gasteiger partial charge in [0.25, 0.3) is 5.91 Å². The van der Waals surface area contributed by atoms with Crippen LogP contribution in [0.5, 0.6) is 5.75 Å². The van der Waals surface area contributed by atoms with E-state index in [1.54, 1.807) is 43.4 Å². The van der Waals surface area contributed by atoms with Crippen LogP contribution in [0.2, 0.25) is 10.0 Å². The summed E-state index contributed by atoms with van der Waals surface area (Å²) in [6.07, 6.45) is 0. The van der Waals surface area contributed by atoms with Gasteiger partial charge in [0.05, 0.1) is 10.6 Å². The highest BCUT2D eigenvalue weighted by Crippen LogP contribution is 2.27. The minimum atomic E-state index is -0.260. The molecule has 0 aliphatic carbocycles. The first-order chi connectivity index (χ1) is 10.0. The van der Waals surface area contributed by atoms with Crippen LogP contribution in [0.4, 0.5) is 5.69 Å². The van der Waals surface area contributed by atoms with Gasteiger partial charge in [-0.2, -0.15) is 0 Å². The Balaban J connectivity index is 2.19. The van der Waals surface area contributed by atoms with Crippen LogP contribution in [0.1, 0.15) is 15.9 Å². The molecule has 2 aromatic carbocycles. The Kier molecular flexibility index (Phi) is 4.94. The summed E-state index contributed by atoms with van der Waals surface area (Å²) in [6, 6.07) is 9.99. The van der Waals surface area contributed by atoms with Gasteiger partial charge in [-0.1, -0.05) is 29.3 Å². The van der Waals surface area contributed by atoms with Gasteiger partial charge >= 0.3 is 0 Å². The molecule has 2 rings (SSSR count). The Morgan fingerprint density at radius 1 is 1.19 bits per heavy atom. The van der Waals surface area contributed by atoms with E-state index in [4.69, 9.17) is 23.2 Å². The molecule has 21 heavy (non-hydrogen) atoms. The maximum atomic E-state index is 11.7. The Morgan fingerprint density at radius 2 is 1.95 bits per heavy atom. The Labute approximate surface area is 132 Å². The summed E-state index contributed by atoms with van der Waals surface area (Å²) < 4.78 is 0. The number of carbonyl (C=O) groups excluding carboxylic acids is 1. The van der Waals surface area contributed by atoms with Crippen LogP contribution in [0, 0.1) is 0 Å². The quantitative estimate of drug-likeness (QED) is 0.804. The Morgan fingerprint density at radius 3 is 2.62 bits per heavy atom. The molecule has 2 aromatic rings. The van der Waals surface area contributed by atoms with Crippen molar-refractivity contribution in [2.45, 2.75) is 6.54 Å². The highest BCUT2D eigenvalue weighted by Gasteiger charge is 2.10. The van der Waals surface area contributed by atoms with Crippen molar-refractivity contribution in [2.75, 3.05) is 12.4 Å². The molecule has 0 unspecified atom stereocenters. The molecule has 0 radical (unpaired) electrons. The van der Waals surface area contributed by atoms with Gasteiger partial charge in [0.15, 0.2) is 0 Å². The zero-order chi connectivity index (χ0) is 15.4. The second-order valence-electron chi connectivity index (χ2n) is 4.36. The molecule has 0 aromatic heterocycles. The molecule has 0 atom stereocenters. The van der Waals surface area contributed by atoms with Crippen LogP contribution in [0.3, 0.4) is 0 Å². The van der Waals surface area contributed by atoms with E-state index in [2.05, 4.69) is 10.6 Å². The number of anilines is 1. The molecule has 0 spiro atoms. The van der Waals surface area contributed by atoms with E-state index in [1.165, 1.54) is 0 Å². The first kappa shape index (κ1) is 15.5. The molecule has 1 amide bonds. The standard InChI is InChI=1S/C15H14Cl2N2O2/c1-18-15(21)10-7-9(5-6-13(10)17)19-8-11-12(16)3-2-4-14(11)20/h2-7,19-20H,8H2,1H3,(H,18,21). The number of rotatable bonds is 4. The highest BCUT2D eigenvalue weighted by atomic mass is 35.5. The number of nitrogens with one attached hydrogen (secondary N) is 2. The van der Waals surface area contributed by atoms with Crippen LogP contribution >= 0.6 is 23.2 Å². The molecule has 0 aliphatic rings. The predicted octanol–water partition coefficient (Wildman–Crippen LogP) is 3.67. The number of carbonyl (C=O) groups is 1. The van der Waals surface area contributed by atoms with E-state index >= 15 is 0 Å². The molecule has 0 aliphatic heterocycles. The number of hydrogen-bond donors (Lipinski definition) is 3. The second-order valence-corrected chi connectivity index (χ2v) is 5.18. The minimum absolute atomic E-state index is 0.121. The van der Waals surface area contributed by atoms with Crippen LogP contribution in [0.25, 0.3) is 0 Å². The van der Waals surface area contributed by atoms with Crippen molar-refractivity contribution >= 4 is 34.8 Å². The molecular formula is C15H14Cl2N2O2. The fraction of sp³-hybridized carbons (Fsp3) is 0.133. The van der Waals surface area contributed by atoms with Crippen molar-refractivity contribution in [3.05, 3.63) is 57.6 Å². The summed E-state index contributed by atoms with van der Waals surface area (Å²) >= 11 is 12.0. The molecule has 4 nitrogen and oxygen atoms in total. The maximum Gasteiger partial charge on any atom is 0.252 e. The number of phenols is 1. The fourth-order valence-electron chi connectivity index (χ4n) is 1.86. The minimum Gasteiger partial charge on any atom is -0.508 e. The van der Waals surface area contributed by atoms with E-state index < -0.39 is 0 Å². The summed E-state index contributed by atoms with van der Waals surface area (Å²) in [5, 5.41) is 16.3. The average Bonchev–Trinajstić information content (AvgIpc) is 2.47. The van der Waals surface area contributed by atoms with Gasteiger partial charge in [0.1, 0.15) is 5.75 Å². The monoisotopic (exact) mass is 324 g/mol. The lowest BCUT2D eigenvalue weighted by Crippen LogP contribution is -2.18.